The summed E-state index contributed by atoms with van der Waals surface area (Å²) in [6, 6.07) is 0.144. The van der Waals surface area contributed by atoms with Crippen molar-refractivity contribution in [3.05, 3.63) is 22.9 Å². The van der Waals surface area contributed by atoms with Crippen molar-refractivity contribution in [2.24, 2.45) is 7.05 Å². The molecule has 2 aromatic heterocycles. The lowest BCUT2D eigenvalue weighted by molar-refractivity contribution is -0.150. The minimum absolute atomic E-state index is 0.0138. The van der Waals surface area contributed by atoms with Crippen molar-refractivity contribution in [3.63, 3.8) is 0 Å². The molecule has 2 fully saturated rings. The molecule has 0 spiro atoms. The lowest BCUT2D eigenvalue weighted by atomic mass is 9.90. The number of amides is 1. The van der Waals surface area contributed by atoms with Crippen LogP contribution >= 0.6 is 0 Å². The Balaban J connectivity index is 1.57. The van der Waals surface area contributed by atoms with Crippen LogP contribution < -0.4 is 5.56 Å². The molecular weight excluding hydrogens is 310 g/mol. The summed E-state index contributed by atoms with van der Waals surface area (Å²) >= 11 is 0. The molecule has 0 radical (unpaired) electrons. The zero-order valence-corrected chi connectivity index (χ0v) is 13.7. The Morgan fingerprint density at radius 2 is 2.21 bits per heavy atom. The van der Waals surface area contributed by atoms with Crippen LogP contribution in [0.2, 0.25) is 0 Å². The SMILES string of the molecule is Cn1ncc2c(=O)n(CC(=O)N3CCO[C@@H]4CCCC[C@@H]43)cnc21. The Hall–Kier alpha value is -2.22. The van der Waals surface area contributed by atoms with E-state index in [0.29, 0.717) is 24.2 Å². The second-order valence-corrected chi connectivity index (χ2v) is 6.53. The van der Waals surface area contributed by atoms with Crippen LogP contribution in [-0.2, 0) is 23.1 Å². The van der Waals surface area contributed by atoms with Gasteiger partial charge in [-0.1, -0.05) is 12.8 Å². The van der Waals surface area contributed by atoms with Crippen molar-refractivity contribution in [3.8, 4) is 0 Å². The molecule has 1 saturated heterocycles. The minimum Gasteiger partial charge on any atom is -0.374 e. The number of ether oxygens (including phenoxy) is 1. The Labute approximate surface area is 139 Å². The molecule has 2 aliphatic rings. The molecule has 8 heteroatoms. The largest absolute Gasteiger partial charge is 0.374 e. The topological polar surface area (TPSA) is 82.2 Å². The predicted molar refractivity (Wildman–Crippen MR) is 86.5 cm³/mol. The number of morpholine rings is 1. The van der Waals surface area contributed by atoms with Crippen molar-refractivity contribution in [2.75, 3.05) is 13.2 Å². The molecule has 1 aliphatic carbocycles. The molecule has 0 bridgehead atoms. The average molecular weight is 331 g/mol. The zero-order chi connectivity index (χ0) is 16.7. The van der Waals surface area contributed by atoms with Crippen molar-refractivity contribution in [1.29, 1.82) is 0 Å². The minimum atomic E-state index is -0.227. The molecule has 0 aromatic carbocycles. The highest BCUT2D eigenvalue weighted by molar-refractivity contribution is 5.77. The highest BCUT2D eigenvalue weighted by atomic mass is 16.5. The van der Waals surface area contributed by atoms with Gasteiger partial charge < -0.3 is 9.64 Å². The fourth-order valence-corrected chi connectivity index (χ4v) is 3.82. The molecule has 2 atom stereocenters. The van der Waals surface area contributed by atoms with Gasteiger partial charge in [0.1, 0.15) is 18.3 Å². The van der Waals surface area contributed by atoms with Gasteiger partial charge in [0.25, 0.3) is 5.56 Å². The first-order valence-electron chi connectivity index (χ1n) is 8.43. The van der Waals surface area contributed by atoms with E-state index in [9.17, 15) is 9.59 Å². The maximum Gasteiger partial charge on any atom is 0.264 e. The summed E-state index contributed by atoms with van der Waals surface area (Å²) in [6.07, 6.45) is 7.34. The van der Waals surface area contributed by atoms with E-state index in [1.165, 1.54) is 17.1 Å². The lowest BCUT2D eigenvalue weighted by Gasteiger charge is -2.43. The highest BCUT2D eigenvalue weighted by Crippen LogP contribution is 2.28. The van der Waals surface area contributed by atoms with Crippen molar-refractivity contribution in [1.82, 2.24) is 24.2 Å². The lowest BCUT2D eigenvalue weighted by Crippen LogP contribution is -2.55. The van der Waals surface area contributed by atoms with Gasteiger partial charge in [0.05, 0.1) is 24.9 Å². The summed E-state index contributed by atoms with van der Waals surface area (Å²) in [5, 5.41) is 4.49. The number of nitrogens with zero attached hydrogens (tertiary/aromatic N) is 5. The number of carbonyl (C=O) groups excluding carboxylic acids is 1. The molecule has 0 N–H and O–H groups in total. The maximum absolute atomic E-state index is 12.8. The Kier molecular flexibility index (Phi) is 3.84. The van der Waals surface area contributed by atoms with Gasteiger partial charge in [-0.25, -0.2) is 4.98 Å². The van der Waals surface area contributed by atoms with Crippen LogP contribution in [0.4, 0.5) is 0 Å². The second kappa shape index (κ2) is 6.01. The standard InChI is InChI=1S/C16H21N5O3/c1-19-15-11(8-18-19)16(23)20(10-17-15)9-14(22)21-6-7-24-13-5-3-2-4-12(13)21/h8,10,12-13H,2-7,9H2,1H3/t12-,13+/m0/s1. The quantitative estimate of drug-likeness (QED) is 0.790. The van der Waals surface area contributed by atoms with E-state index in [-0.39, 0.29) is 30.2 Å². The number of aryl methyl sites for hydroxylation is 1. The molecule has 3 heterocycles. The molecule has 128 valence electrons. The molecule has 1 aliphatic heterocycles. The summed E-state index contributed by atoms with van der Waals surface area (Å²) in [5.74, 6) is -0.0395. The van der Waals surface area contributed by atoms with Crippen molar-refractivity contribution >= 4 is 16.9 Å². The molecular formula is C16H21N5O3. The van der Waals surface area contributed by atoms with Gasteiger partial charge in [-0.3, -0.25) is 18.8 Å². The monoisotopic (exact) mass is 331 g/mol. The maximum atomic E-state index is 12.8. The van der Waals surface area contributed by atoms with E-state index in [4.69, 9.17) is 4.74 Å². The number of hydrogen-bond donors (Lipinski definition) is 0. The number of fused-ring (bicyclic) bond motifs is 2. The number of rotatable bonds is 2. The van der Waals surface area contributed by atoms with E-state index in [1.54, 1.807) is 11.7 Å². The summed E-state index contributed by atoms with van der Waals surface area (Å²) < 4.78 is 8.74. The third-order valence-corrected chi connectivity index (χ3v) is 5.08. The van der Waals surface area contributed by atoms with Gasteiger partial charge >= 0.3 is 0 Å². The predicted octanol–water partition coefficient (Wildman–Crippen LogP) is 0.300. The molecule has 0 unspecified atom stereocenters. The first-order chi connectivity index (χ1) is 11.6. The molecule has 1 amide bonds. The van der Waals surface area contributed by atoms with E-state index < -0.39 is 0 Å². The van der Waals surface area contributed by atoms with Gasteiger partial charge in [0.2, 0.25) is 5.91 Å². The zero-order valence-electron chi connectivity index (χ0n) is 13.7. The van der Waals surface area contributed by atoms with Crippen LogP contribution in [-0.4, -0.2) is 55.4 Å². The Morgan fingerprint density at radius 3 is 3.08 bits per heavy atom. The smallest absolute Gasteiger partial charge is 0.264 e. The first kappa shape index (κ1) is 15.3. The molecule has 4 rings (SSSR count). The fourth-order valence-electron chi connectivity index (χ4n) is 3.82. The van der Waals surface area contributed by atoms with Gasteiger partial charge in [0.15, 0.2) is 5.65 Å². The van der Waals surface area contributed by atoms with E-state index in [2.05, 4.69) is 10.1 Å². The molecule has 1 saturated carbocycles. The summed E-state index contributed by atoms with van der Waals surface area (Å²) in [4.78, 5) is 31.4. The molecule has 24 heavy (non-hydrogen) atoms. The van der Waals surface area contributed by atoms with Gasteiger partial charge in [-0.2, -0.15) is 5.10 Å². The van der Waals surface area contributed by atoms with Gasteiger partial charge in [0, 0.05) is 13.6 Å². The summed E-state index contributed by atoms with van der Waals surface area (Å²) in [7, 11) is 1.74. The van der Waals surface area contributed by atoms with E-state index in [1.807, 2.05) is 4.90 Å². The summed E-state index contributed by atoms with van der Waals surface area (Å²) in [5.41, 5.74) is 0.303. The Bertz CT molecular complexity index is 825. The van der Waals surface area contributed by atoms with Crippen molar-refractivity contribution in [2.45, 2.75) is 44.4 Å². The molecule has 2 aromatic rings. The van der Waals surface area contributed by atoms with Crippen LogP contribution in [0, 0.1) is 0 Å². The number of carbonyl (C=O) groups is 1. The fraction of sp³-hybridized carbons (Fsp3) is 0.625. The van der Waals surface area contributed by atoms with E-state index in [0.717, 1.165) is 25.7 Å². The second-order valence-electron chi connectivity index (χ2n) is 6.53. The Morgan fingerprint density at radius 1 is 1.38 bits per heavy atom. The first-order valence-corrected chi connectivity index (χ1v) is 8.43. The van der Waals surface area contributed by atoms with Crippen LogP contribution in [0.15, 0.2) is 17.3 Å². The summed E-state index contributed by atoms with van der Waals surface area (Å²) in [6.45, 7) is 1.18. The van der Waals surface area contributed by atoms with E-state index >= 15 is 0 Å². The number of hydrogen-bond acceptors (Lipinski definition) is 5. The molecule has 8 nitrogen and oxygen atoms in total. The highest BCUT2D eigenvalue weighted by Gasteiger charge is 2.36. The average Bonchev–Trinajstić information content (AvgIpc) is 2.98. The van der Waals surface area contributed by atoms with Crippen LogP contribution in [0.25, 0.3) is 11.0 Å². The van der Waals surface area contributed by atoms with Crippen LogP contribution in [0.5, 0.6) is 0 Å². The third-order valence-electron chi connectivity index (χ3n) is 5.08. The van der Waals surface area contributed by atoms with Gasteiger partial charge in [-0.05, 0) is 12.8 Å². The number of aromatic nitrogens is 4. The van der Waals surface area contributed by atoms with Crippen LogP contribution in [0.1, 0.15) is 25.7 Å². The van der Waals surface area contributed by atoms with Gasteiger partial charge in [-0.15, -0.1) is 0 Å². The third kappa shape index (κ3) is 2.50. The van der Waals surface area contributed by atoms with Crippen molar-refractivity contribution < 1.29 is 9.53 Å². The van der Waals surface area contributed by atoms with Crippen LogP contribution in [0.3, 0.4) is 0 Å². The normalized spacial score (nSPS) is 24.1.